The third kappa shape index (κ3) is 3.93. The minimum atomic E-state index is -0.777. The number of thioether (sulfide) groups is 1. The minimum absolute atomic E-state index is 0.121. The van der Waals surface area contributed by atoms with E-state index in [0.29, 0.717) is 18.1 Å². The van der Waals surface area contributed by atoms with Gasteiger partial charge in [0.15, 0.2) is 0 Å². The van der Waals surface area contributed by atoms with Crippen LogP contribution in [0.25, 0.3) is 22.3 Å². The molecule has 4 N–H and O–H groups in total. The van der Waals surface area contributed by atoms with Crippen molar-refractivity contribution in [2.75, 3.05) is 19.6 Å². The van der Waals surface area contributed by atoms with Gasteiger partial charge >= 0.3 is 0 Å². The van der Waals surface area contributed by atoms with Gasteiger partial charge in [-0.25, -0.2) is 0 Å². The second-order valence-electron chi connectivity index (χ2n) is 9.08. The molecule has 0 saturated carbocycles. The third-order valence-corrected chi connectivity index (χ3v) is 8.44. The molecule has 166 valence electrons. The molecule has 1 fully saturated rings. The van der Waals surface area contributed by atoms with Gasteiger partial charge < -0.3 is 20.1 Å². The monoisotopic (exact) mass is 440 g/mol. The van der Waals surface area contributed by atoms with Gasteiger partial charge in [0.05, 0.1) is 28.0 Å². The molecule has 0 bridgehead atoms. The molecule has 1 atom stereocenters. The first-order valence-corrected chi connectivity index (χ1v) is 12.4. The summed E-state index contributed by atoms with van der Waals surface area (Å²) in [5.74, 6) is 0. The van der Waals surface area contributed by atoms with Crippen LogP contribution in [0.2, 0.25) is 0 Å². The molecule has 1 aromatic carbocycles. The van der Waals surface area contributed by atoms with Gasteiger partial charge in [-0.2, -0.15) is 5.10 Å². The molecule has 0 aliphatic carbocycles. The average molecular weight is 441 g/mol. The van der Waals surface area contributed by atoms with Crippen molar-refractivity contribution < 1.29 is 10.2 Å². The smallest absolute Gasteiger partial charge is 0.122 e. The average Bonchev–Trinajstić information content (AvgIpc) is 3.47. The number of nitrogens with zero attached hydrogens (tertiary/aromatic N) is 2. The Labute approximate surface area is 187 Å². The van der Waals surface area contributed by atoms with E-state index in [0.717, 1.165) is 66.8 Å². The van der Waals surface area contributed by atoms with E-state index in [1.165, 1.54) is 10.6 Å². The molecule has 1 unspecified atom stereocenters. The number of fused-ring (bicyclic) bond motifs is 2. The van der Waals surface area contributed by atoms with Crippen LogP contribution in [-0.2, 0) is 12.0 Å². The molecule has 31 heavy (non-hydrogen) atoms. The highest BCUT2D eigenvalue weighted by Crippen LogP contribution is 2.43. The third-order valence-electron chi connectivity index (χ3n) is 7.11. The zero-order chi connectivity index (χ0) is 21.6. The predicted octanol–water partition coefficient (Wildman–Crippen LogP) is 4.04. The van der Waals surface area contributed by atoms with Gasteiger partial charge in [-0.05, 0) is 43.4 Å². The Kier molecular flexibility index (Phi) is 5.63. The number of hydrogen-bond acceptors (Lipinski definition) is 5. The van der Waals surface area contributed by atoms with Crippen molar-refractivity contribution in [1.29, 1.82) is 0 Å². The molecule has 4 heterocycles. The number of aliphatic hydroxyl groups is 2. The second kappa shape index (κ2) is 8.28. The quantitative estimate of drug-likeness (QED) is 0.465. The molecule has 2 aliphatic heterocycles. The number of piperidine rings is 1. The van der Waals surface area contributed by atoms with Crippen LogP contribution in [0.4, 0.5) is 0 Å². The van der Waals surface area contributed by atoms with Gasteiger partial charge in [-0.1, -0.05) is 26.0 Å². The maximum Gasteiger partial charge on any atom is 0.122 e. The van der Waals surface area contributed by atoms with Gasteiger partial charge in [0, 0.05) is 42.2 Å². The van der Waals surface area contributed by atoms with E-state index in [1.54, 1.807) is 0 Å². The SMILES string of the molecule is CCC(O)(CC)c1ccc2cc(-c3n[nH]c4c3SC(CN3CCC(O)CC3)C4)[nH]c2c1. The first-order valence-electron chi connectivity index (χ1n) is 11.5. The first kappa shape index (κ1) is 21.1. The van der Waals surface area contributed by atoms with Crippen LogP contribution in [0.15, 0.2) is 29.2 Å². The van der Waals surface area contributed by atoms with Crippen molar-refractivity contribution in [2.24, 2.45) is 0 Å². The summed E-state index contributed by atoms with van der Waals surface area (Å²) in [7, 11) is 0. The number of benzene rings is 1. The molecule has 0 radical (unpaired) electrons. The Bertz CT molecular complexity index is 1060. The molecule has 5 rings (SSSR count). The summed E-state index contributed by atoms with van der Waals surface area (Å²) in [6.07, 6.45) is 4.06. The number of aromatic amines is 2. The van der Waals surface area contributed by atoms with Crippen LogP contribution in [0.5, 0.6) is 0 Å². The van der Waals surface area contributed by atoms with E-state index >= 15 is 0 Å². The lowest BCUT2D eigenvalue weighted by Gasteiger charge is -2.31. The van der Waals surface area contributed by atoms with Gasteiger partial charge in [0.25, 0.3) is 0 Å². The van der Waals surface area contributed by atoms with Crippen molar-refractivity contribution >= 4 is 22.7 Å². The Hall–Kier alpha value is -1.80. The topological polar surface area (TPSA) is 88.2 Å². The molecule has 3 aromatic rings. The van der Waals surface area contributed by atoms with Gasteiger partial charge in [0.1, 0.15) is 5.69 Å². The molecule has 1 saturated heterocycles. The summed E-state index contributed by atoms with van der Waals surface area (Å²) >= 11 is 1.93. The highest BCUT2D eigenvalue weighted by molar-refractivity contribution is 8.00. The highest BCUT2D eigenvalue weighted by atomic mass is 32.2. The summed E-state index contributed by atoms with van der Waals surface area (Å²) in [6, 6.07) is 8.38. The maximum absolute atomic E-state index is 10.9. The van der Waals surface area contributed by atoms with E-state index in [2.05, 4.69) is 38.3 Å². The lowest BCUT2D eigenvalue weighted by molar-refractivity contribution is 0.0285. The van der Waals surface area contributed by atoms with Gasteiger partial charge in [-0.3, -0.25) is 5.10 Å². The number of aliphatic hydroxyl groups excluding tert-OH is 1. The predicted molar refractivity (Wildman–Crippen MR) is 125 cm³/mol. The fourth-order valence-electron chi connectivity index (χ4n) is 4.95. The minimum Gasteiger partial charge on any atom is -0.393 e. The Morgan fingerprint density at radius 3 is 2.71 bits per heavy atom. The lowest BCUT2D eigenvalue weighted by atomic mass is 9.88. The van der Waals surface area contributed by atoms with E-state index in [4.69, 9.17) is 0 Å². The Balaban J connectivity index is 1.36. The number of nitrogens with one attached hydrogen (secondary N) is 2. The Morgan fingerprint density at radius 1 is 1.19 bits per heavy atom. The first-order chi connectivity index (χ1) is 15.0. The van der Waals surface area contributed by atoms with E-state index < -0.39 is 5.60 Å². The van der Waals surface area contributed by atoms with E-state index in [1.807, 2.05) is 31.7 Å². The van der Waals surface area contributed by atoms with Crippen LogP contribution in [0.3, 0.4) is 0 Å². The lowest BCUT2D eigenvalue weighted by Crippen LogP contribution is -2.39. The zero-order valence-corrected chi connectivity index (χ0v) is 19.1. The van der Waals surface area contributed by atoms with Crippen molar-refractivity contribution in [3.05, 3.63) is 35.5 Å². The molecule has 7 heteroatoms. The summed E-state index contributed by atoms with van der Waals surface area (Å²) < 4.78 is 0. The molecule has 2 aromatic heterocycles. The normalized spacial score (nSPS) is 20.6. The fourth-order valence-corrected chi connectivity index (χ4v) is 6.35. The van der Waals surface area contributed by atoms with Gasteiger partial charge in [-0.15, -0.1) is 11.8 Å². The number of rotatable bonds is 6. The van der Waals surface area contributed by atoms with Gasteiger partial charge in [0.2, 0.25) is 0 Å². The summed E-state index contributed by atoms with van der Waals surface area (Å²) in [4.78, 5) is 7.28. The van der Waals surface area contributed by atoms with Crippen LogP contribution < -0.4 is 0 Å². The van der Waals surface area contributed by atoms with Crippen molar-refractivity contribution in [3.63, 3.8) is 0 Å². The Morgan fingerprint density at radius 2 is 1.97 bits per heavy atom. The van der Waals surface area contributed by atoms with Crippen molar-refractivity contribution in [1.82, 2.24) is 20.1 Å². The zero-order valence-electron chi connectivity index (χ0n) is 18.3. The fraction of sp³-hybridized carbons (Fsp3) is 0.542. The van der Waals surface area contributed by atoms with Crippen molar-refractivity contribution in [3.8, 4) is 11.4 Å². The molecule has 2 aliphatic rings. The summed E-state index contributed by atoms with van der Waals surface area (Å²) in [5.41, 5.74) is 4.47. The molecular formula is C24H32N4O2S. The molecule has 6 nitrogen and oxygen atoms in total. The largest absolute Gasteiger partial charge is 0.393 e. The van der Waals surface area contributed by atoms with E-state index in [-0.39, 0.29) is 6.10 Å². The summed E-state index contributed by atoms with van der Waals surface area (Å²) in [5, 5.41) is 30.2. The molecule has 0 spiro atoms. The number of H-pyrrole nitrogens is 2. The van der Waals surface area contributed by atoms with Crippen molar-refractivity contribution in [2.45, 2.75) is 67.8 Å². The number of hydrogen-bond donors (Lipinski definition) is 4. The van der Waals surface area contributed by atoms with Crippen LogP contribution >= 0.6 is 11.8 Å². The van der Waals surface area contributed by atoms with E-state index in [9.17, 15) is 10.2 Å². The highest BCUT2D eigenvalue weighted by Gasteiger charge is 2.31. The maximum atomic E-state index is 10.9. The number of aromatic nitrogens is 3. The summed E-state index contributed by atoms with van der Waals surface area (Å²) in [6.45, 7) is 7.09. The van der Waals surface area contributed by atoms with Crippen LogP contribution in [0.1, 0.15) is 50.8 Å². The standard InChI is InChI=1S/C24H32N4O2S/c1-3-24(30,4-2)16-6-5-15-11-20(25-19(15)12-16)22-23-21(26-27-22)13-18(31-23)14-28-9-7-17(29)8-10-28/h5-6,11-12,17-18,25,29-30H,3-4,7-10,13-14H2,1-2H3,(H,26,27). The van der Waals surface area contributed by atoms with Crippen LogP contribution in [0, 0.1) is 0 Å². The number of likely N-dealkylation sites (tertiary alicyclic amines) is 1. The second-order valence-corrected chi connectivity index (χ2v) is 10.4. The molecular weight excluding hydrogens is 408 g/mol. The van der Waals surface area contributed by atoms with Crippen LogP contribution in [-0.4, -0.2) is 61.3 Å². The molecule has 0 amide bonds.